The van der Waals surface area contributed by atoms with Crippen molar-refractivity contribution in [1.29, 1.82) is 0 Å². The molecule has 1 aromatic rings. The van der Waals surface area contributed by atoms with E-state index in [1.54, 1.807) is 0 Å². The number of carbonyl (C=O) groups is 2. The van der Waals surface area contributed by atoms with Gasteiger partial charge >= 0.3 is 12.0 Å². The summed E-state index contributed by atoms with van der Waals surface area (Å²) in [6.07, 6.45) is 10.1. The maximum absolute atomic E-state index is 13.3. The van der Waals surface area contributed by atoms with E-state index < -0.39 is 5.97 Å². The van der Waals surface area contributed by atoms with Crippen LogP contribution < -0.4 is 4.90 Å². The zero-order chi connectivity index (χ0) is 21.4. The lowest BCUT2D eigenvalue weighted by atomic mass is 9.83. The lowest BCUT2D eigenvalue weighted by Gasteiger charge is -2.34. The molecule has 2 heterocycles. The number of nitrogens with zero attached hydrogens (tertiary/aromatic N) is 3. The molecule has 0 unspecified atom stereocenters. The van der Waals surface area contributed by atoms with Crippen LogP contribution in [0.2, 0.25) is 0 Å². The van der Waals surface area contributed by atoms with Crippen molar-refractivity contribution in [2.45, 2.75) is 76.3 Å². The minimum Gasteiger partial charge on any atom is -0.481 e. The fraction of sp³-hybridized carbons (Fsp3) is 0.680. The largest absolute Gasteiger partial charge is 0.481 e. The molecule has 3 fully saturated rings. The Morgan fingerprint density at radius 1 is 0.906 bits per heavy atom. The second kappa shape index (κ2) is 10.0. The number of hydrogen-bond acceptors (Lipinski definition) is 3. The third-order valence-corrected chi connectivity index (χ3v) is 7.97. The topological polar surface area (TPSA) is 64.1 Å². The van der Waals surface area contributed by atoms with Gasteiger partial charge in [0.25, 0.3) is 0 Å². The average Bonchev–Trinajstić information content (AvgIpc) is 3.57. The molecule has 0 bridgehead atoms. The van der Waals surface area contributed by atoms with Crippen LogP contribution in [0.1, 0.15) is 62.5 Å². The number of rotatable bonds is 6. The third kappa shape index (κ3) is 5.07. The van der Waals surface area contributed by atoms with Crippen LogP contribution >= 0.6 is 12.4 Å². The molecule has 2 saturated carbocycles. The number of amides is 2. The number of carboxylic acid groups (broad SMARTS) is 1. The van der Waals surface area contributed by atoms with E-state index in [9.17, 15) is 9.59 Å². The Bertz CT molecular complexity index is 836. The Kier molecular flexibility index (Phi) is 7.30. The molecule has 0 spiro atoms. The van der Waals surface area contributed by atoms with Crippen LogP contribution in [0.5, 0.6) is 0 Å². The first-order chi connectivity index (χ1) is 15.1. The highest BCUT2D eigenvalue weighted by Crippen LogP contribution is 2.34. The molecule has 176 valence electrons. The molecule has 2 aliphatic heterocycles. The number of anilines is 1. The number of carboxylic acids is 1. The van der Waals surface area contributed by atoms with Crippen molar-refractivity contribution < 1.29 is 14.7 Å². The Labute approximate surface area is 197 Å². The van der Waals surface area contributed by atoms with Crippen molar-refractivity contribution in [1.82, 2.24) is 9.80 Å². The summed E-state index contributed by atoms with van der Waals surface area (Å²) in [5.41, 5.74) is 3.93. The molecule has 1 saturated heterocycles. The molecule has 5 rings (SSSR count). The van der Waals surface area contributed by atoms with Crippen LogP contribution in [0.15, 0.2) is 18.2 Å². The van der Waals surface area contributed by atoms with Crippen molar-refractivity contribution in [3.05, 3.63) is 29.3 Å². The molecule has 0 atom stereocenters. The monoisotopic (exact) mass is 461 g/mol. The number of hydrogen-bond donors (Lipinski definition) is 1. The third-order valence-electron chi connectivity index (χ3n) is 7.97. The number of carbonyl (C=O) groups excluding carboxylic acids is 1. The second-order valence-corrected chi connectivity index (χ2v) is 9.95. The van der Waals surface area contributed by atoms with E-state index in [-0.39, 0.29) is 24.9 Å². The van der Waals surface area contributed by atoms with Crippen LogP contribution in [-0.4, -0.2) is 65.2 Å². The van der Waals surface area contributed by atoms with E-state index in [2.05, 4.69) is 28.0 Å². The van der Waals surface area contributed by atoms with Crippen LogP contribution in [0.3, 0.4) is 0 Å². The minimum atomic E-state index is -0.700. The van der Waals surface area contributed by atoms with Crippen LogP contribution in [-0.2, 0) is 17.6 Å². The zero-order valence-electron chi connectivity index (χ0n) is 18.9. The first-order valence-electron chi connectivity index (χ1n) is 12.2. The van der Waals surface area contributed by atoms with Gasteiger partial charge in [-0.3, -0.25) is 14.6 Å². The Hall–Kier alpha value is -1.79. The van der Waals surface area contributed by atoms with E-state index in [4.69, 9.17) is 5.11 Å². The number of fused-ring (bicyclic) bond motifs is 1. The van der Waals surface area contributed by atoms with Gasteiger partial charge in [0.1, 0.15) is 0 Å². The lowest BCUT2D eigenvalue weighted by molar-refractivity contribution is -0.137. The van der Waals surface area contributed by atoms with E-state index >= 15 is 0 Å². The van der Waals surface area contributed by atoms with E-state index in [0.29, 0.717) is 12.0 Å². The summed E-state index contributed by atoms with van der Waals surface area (Å²) in [7, 11) is 0. The minimum absolute atomic E-state index is 0. The van der Waals surface area contributed by atoms with Gasteiger partial charge in [-0.15, -0.1) is 12.4 Å². The average molecular weight is 462 g/mol. The molecular weight excluding hydrogens is 426 g/mol. The van der Waals surface area contributed by atoms with Gasteiger partial charge in [0.15, 0.2) is 0 Å². The standard InChI is InChI=1S/C25H35N3O3.ClH/c29-24(30)10-3-18-1-5-22(6-2-18)27-15-16-28(25(27)31)23-7-4-19-11-13-26(21-8-9-21)14-12-20(19)17-23;/h4,7,17-18,21-22H,1-3,5-6,8-16H2,(H,29,30);1H. The summed E-state index contributed by atoms with van der Waals surface area (Å²) in [4.78, 5) is 30.8. The van der Waals surface area contributed by atoms with Crippen molar-refractivity contribution in [3.8, 4) is 0 Å². The fourth-order valence-electron chi connectivity index (χ4n) is 5.91. The molecule has 7 heteroatoms. The zero-order valence-corrected chi connectivity index (χ0v) is 19.7. The first-order valence-corrected chi connectivity index (χ1v) is 12.2. The van der Waals surface area contributed by atoms with E-state index in [1.807, 2.05) is 4.90 Å². The molecule has 1 N–H and O–H groups in total. The highest BCUT2D eigenvalue weighted by Gasteiger charge is 2.37. The van der Waals surface area contributed by atoms with Gasteiger partial charge in [0.05, 0.1) is 0 Å². The molecule has 32 heavy (non-hydrogen) atoms. The van der Waals surface area contributed by atoms with Gasteiger partial charge in [0.2, 0.25) is 0 Å². The van der Waals surface area contributed by atoms with Crippen molar-refractivity contribution in [3.63, 3.8) is 0 Å². The van der Waals surface area contributed by atoms with Crippen molar-refractivity contribution in [2.75, 3.05) is 31.1 Å². The summed E-state index contributed by atoms with van der Waals surface area (Å²) >= 11 is 0. The summed E-state index contributed by atoms with van der Waals surface area (Å²) in [5, 5.41) is 8.91. The number of aliphatic carboxylic acids is 1. The number of halogens is 1. The number of benzene rings is 1. The molecule has 2 aliphatic carbocycles. The van der Waals surface area contributed by atoms with Gasteiger partial charge < -0.3 is 10.0 Å². The van der Waals surface area contributed by atoms with Gasteiger partial charge in [0, 0.05) is 50.4 Å². The van der Waals surface area contributed by atoms with Gasteiger partial charge in [-0.25, -0.2) is 4.79 Å². The van der Waals surface area contributed by atoms with Crippen LogP contribution in [0.25, 0.3) is 0 Å². The Morgan fingerprint density at radius 2 is 1.59 bits per heavy atom. The summed E-state index contributed by atoms with van der Waals surface area (Å²) in [5.74, 6) is -0.200. The normalized spacial score (nSPS) is 26.4. The Morgan fingerprint density at radius 3 is 2.28 bits per heavy atom. The summed E-state index contributed by atoms with van der Waals surface area (Å²) in [6.45, 7) is 3.88. The molecule has 4 aliphatic rings. The van der Waals surface area contributed by atoms with Crippen molar-refractivity contribution >= 4 is 30.1 Å². The maximum Gasteiger partial charge on any atom is 0.324 e. The molecular formula is C25H36ClN3O3. The highest BCUT2D eigenvalue weighted by atomic mass is 35.5. The number of urea groups is 1. The van der Waals surface area contributed by atoms with E-state index in [1.165, 1.54) is 30.5 Å². The predicted octanol–water partition coefficient (Wildman–Crippen LogP) is 4.34. The summed E-state index contributed by atoms with van der Waals surface area (Å²) < 4.78 is 0. The van der Waals surface area contributed by atoms with Crippen LogP contribution in [0.4, 0.5) is 10.5 Å². The molecule has 2 amide bonds. The molecule has 6 nitrogen and oxygen atoms in total. The second-order valence-electron chi connectivity index (χ2n) is 9.95. The SMILES string of the molecule is Cl.O=C(O)CCC1CCC(N2CCN(c3ccc4c(c3)CCN(C3CC3)CC4)C2=O)CC1. The maximum atomic E-state index is 13.3. The van der Waals surface area contributed by atoms with Gasteiger partial charge in [-0.1, -0.05) is 6.07 Å². The lowest BCUT2D eigenvalue weighted by Crippen LogP contribution is -2.41. The van der Waals surface area contributed by atoms with Gasteiger partial charge in [-0.2, -0.15) is 0 Å². The fourth-order valence-corrected chi connectivity index (χ4v) is 5.91. The smallest absolute Gasteiger partial charge is 0.324 e. The van der Waals surface area contributed by atoms with Crippen molar-refractivity contribution in [2.24, 2.45) is 5.92 Å². The molecule has 0 aromatic heterocycles. The Balaban J connectivity index is 0.00000245. The molecule has 1 aromatic carbocycles. The van der Waals surface area contributed by atoms with E-state index in [0.717, 1.165) is 76.3 Å². The molecule has 0 radical (unpaired) electrons. The highest BCUT2D eigenvalue weighted by molar-refractivity contribution is 5.94. The summed E-state index contributed by atoms with van der Waals surface area (Å²) in [6, 6.07) is 7.96. The quantitative estimate of drug-likeness (QED) is 0.684. The van der Waals surface area contributed by atoms with Gasteiger partial charge in [-0.05, 0) is 87.0 Å². The first kappa shape index (κ1) is 23.4. The van der Waals surface area contributed by atoms with Crippen LogP contribution in [0, 0.1) is 5.92 Å². The predicted molar refractivity (Wildman–Crippen MR) is 128 cm³/mol.